The number of halogens is 2. The van der Waals surface area contributed by atoms with E-state index in [1.807, 2.05) is 24.3 Å². The Kier molecular flexibility index (Phi) is 7.30. The second kappa shape index (κ2) is 9.90. The average molecular weight is 406 g/mol. The molecule has 0 aromatic heterocycles. The van der Waals surface area contributed by atoms with E-state index in [2.05, 4.69) is 4.90 Å². The first-order valence-corrected chi connectivity index (χ1v) is 9.58. The van der Waals surface area contributed by atoms with E-state index < -0.39 is 0 Å². The monoisotopic (exact) mass is 405 g/mol. The Labute approximate surface area is 169 Å². The predicted octanol–water partition coefficient (Wildman–Crippen LogP) is 4.60. The molecule has 27 heavy (non-hydrogen) atoms. The van der Waals surface area contributed by atoms with Gasteiger partial charge < -0.3 is 9.47 Å². The molecule has 1 fully saturated rings. The van der Waals surface area contributed by atoms with Gasteiger partial charge in [0, 0.05) is 30.2 Å². The largest absolute Gasteiger partial charge is 0.492 e. The van der Waals surface area contributed by atoms with Crippen LogP contribution in [0.2, 0.25) is 10.0 Å². The molecule has 0 radical (unpaired) electrons. The molecule has 0 saturated carbocycles. The molecule has 4 nitrogen and oxygen atoms in total. The normalized spacial score (nSPS) is 15.2. The van der Waals surface area contributed by atoms with Crippen LogP contribution in [0.4, 0.5) is 0 Å². The zero-order chi connectivity index (χ0) is 19.1. The second-order valence-corrected chi connectivity index (χ2v) is 7.04. The van der Waals surface area contributed by atoms with Gasteiger partial charge in [-0.1, -0.05) is 41.4 Å². The zero-order valence-electron chi connectivity index (χ0n) is 14.9. The van der Waals surface area contributed by atoms with Crippen LogP contribution in [0, 0.1) is 0 Å². The third-order valence-corrected chi connectivity index (χ3v) is 4.83. The smallest absolute Gasteiger partial charge is 0.187 e. The van der Waals surface area contributed by atoms with Crippen molar-refractivity contribution in [3.05, 3.63) is 69.7 Å². The summed E-state index contributed by atoms with van der Waals surface area (Å²) in [7, 11) is 0. The average Bonchev–Trinajstić information content (AvgIpc) is 2.68. The molecule has 2 aromatic carbocycles. The van der Waals surface area contributed by atoms with E-state index in [9.17, 15) is 4.79 Å². The summed E-state index contributed by atoms with van der Waals surface area (Å²) in [5.41, 5.74) is 1.34. The van der Waals surface area contributed by atoms with Crippen molar-refractivity contribution in [2.24, 2.45) is 0 Å². The molecule has 1 aliphatic heterocycles. The lowest BCUT2D eigenvalue weighted by molar-refractivity contribution is 0.0322. The maximum absolute atomic E-state index is 12.3. The lowest BCUT2D eigenvalue weighted by Gasteiger charge is -2.26. The lowest BCUT2D eigenvalue weighted by Crippen LogP contribution is -2.38. The number of carbonyl (C=O) groups excluding carboxylic acids is 1. The molecule has 2 aromatic rings. The van der Waals surface area contributed by atoms with E-state index in [1.165, 1.54) is 6.08 Å². The van der Waals surface area contributed by atoms with E-state index in [0.29, 0.717) is 22.2 Å². The van der Waals surface area contributed by atoms with Gasteiger partial charge in [0.25, 0.3) is 0 Å². The molecule has 6 heteroatoms. The molecular formula is C21H21Cl2NO3. The van der Waals surface area contributed by atoms with Gasteiger partial charge in [-0.3, -0.25) is 9.69 Å². The van der Waals surface area contributed by atoms with Crippen molar-refractivity contribution in [1.29, 1.82) is 0 Å². The lowest BCUT2D eigenvalue weighted by atomic mass is 10.1. The van der Waals surface area contributed by atoms with E-state index >= 15 is 0 Å². The number of hydrogen-bond donors (Lipinski definition) is 0. The first kappa shape index (κ1) is 19.9. The quantitative estimate of drug-likeness (QED) is 0.498. The fourth-order valence-electron chi connectivity index (χ4n) is 2.74. The van der Waals surface area contributed by atoms with E-state index in [1.54, 1.807) is 24.3 Å². The van der Waals surface area contributed by atoms with Gasteiger partial charge in [-0.25, -0.2) is 0 Å². The van der Waals surface area contributed by atoms with Crippen LogP contribution in [-0.4, -0.2) is 50.1 Å². The molecule has 0 spiro atoms. The molecule has 142 valence electrons. The van der Waals surface area contributed by atoms with Gasteiger partial charge in [0.15, 0.2) is 5.78 Å². The number of ketones is 1. The Morgan fingerprint density at radius 3 is 2.56 bits per heavy atom. The summed E-state index contributed by atoms with van der Waals surface area (Å²) in [6, 6.07) is 12.5. The van der Waals surface area contributed by atoms with E-state index in [0.717, 1.165) is 44.2 Å². The third kappa shape index (κ3) is 6.08. The van der Waals surface area contributed by atoms with Crippen LogP contribution in [-0.2, 0) is 4.74 Å². The summed E-state index contributed by atoms with van der Waals surface area (Å²) < 4.78 is 11.1. The fourth-order valence-corrected chi connectivity index (χ4v) is 3.25. The molecular weight excluding hydrogens is 385 g/mol. The first-order chi connectivity index (χ1) is 13.1. The SMILES string of the molecule is O=C(/C=C/c1ccc(OCCN2CCOCC2)cc1)c1ccc(Cl)cc1Cl. The number of hydrogen-bond acceptors (Lipinski definition) is 4. The van der Waals surface area contributed by atoms with Crippen molar-refractivity contribution in [3.8, 4) is 5.75 Å². The number of morpholine rings is 1. The molecule has 3 rings (SSSR count). The van der Waals surface area contributed by atoms with Crippen molar-refractivity contribution in [1.82, 2.24) is 4.90 Å². The van der Waals surface area contributed by atoms with Gasteiger partial charge in [0.1, 0.15) is 12.4 Å². The van der Waals surface area contributed by atoms with Gasteiger partial charge in [0.05, 0.1) is 18.2 Å². The van der Waals surface area contributed by atoms with Crippen LogP contribution in [0.3, 0.4) is 0 Å². The summed E-state index contributed by atoms with van der Waals surface area (Å²) in [6.07, 6.45) is 3.26. The number of ether oxygens (including phenoxy) is 2. The molecule has 0 unspecified atom stereocenters. The molecule has 0 atom stereocenters. The molecule has 1 heterocycles. The van der Waals surface area contributed by atoms with Crippen LogP contribution < -0.4 is 4.74 Å². The Morgan fingerprint density at radius 2 is 1.85 bits per heavy atom. The Morgan fingerprint density at radius 1 is 1.11 bits per heavy atom. The Balaban J connectivity index is 1.50. The van der Waals surface area contributed by atoms with Gasteiger partial charge in [0.2, 0.25) is 0 Å². The number of benzene rings is 2. The van der Waals surface area contributed by atoms with Crippen LogP contribution in [0.15, 0.2) is 48.5 Å². The first-order valence-electron chi connectivity index (χ1n) is 8.82. The molecule has 0 amide bonds. The zero-order valence-corrected chi connectivity index (χ0v) is 16.4. The second-order valence-electron chi connectivity index (χ2n) is 6.19. The summed E-state index contributed by atoms with van der Waals surface area (Å²) in [6.45, 7) is 5.03. The standard InChI is InChI=1S/C21H21Cl2NO3/c22-17-4-7-19(20(23)15-17)21(25)8-3-16-1-5-18(6-2-16)27-14-11-24-9-12-26-13-10-24/h1-8,15H,9-14H2/b8-3+. The van der Waals surface area contributed by atoms with Crippen molar-refractivity contribution >= 4 is 35.1 Å². The van der Waals surface area contributed by atoms with Gasteiger partial charge in [-0.05, 0) is 42.0 Å². The number of rotatable bonds is 7. The highest BCUT2D eigenvalue weighted by atomic mass is 35.5. The van der Waals surface area contributed by atoms with Crippen LogP contribution in [0.1, 0.15) is 15.9 Å². The van der Waals surface area contributed by atoms with Crippen LogP contribution >= 0.6 is 23.2 Å². The van der Waals surface area contributed by atoms with Crippen molar-refractivity contribution < 1.29 is 14.3 Å². The maximum Gasteiger partial charge on any atom is 0.187 e. The van der Waals surface area contributed by atoms with Crippen LogP contribution in [0.5, 0.6) is 5.75 Å². The topological polar surface area (TPSA) is 38.8 Å². The van der Waals surface area contributed by atoms with Gasteiger partial charge in [-0.15, -0.1) is 0 Å². The fraction of sp³-hybridized carbons (Fsp3) is 0.286. The number of allylic oxidation sites excluding steroid dienone is 1. The Hall–Kier alpha value is -1.85. The summed E-state index contributed by atoms with van der Waals surface area (Å²) in [4.78, 5) is 14.6. The van der Waals surface area contributed by atoms with E-state index in [4.69, 9.17) is 32.7 Å². The van der Waals surface area contributed by atoms with Gasteiger partial charge in [-0.2, -0.15) is 0 Å². The van der Waals surface area contributed by atoms with E-state index in [-0.39, 0.29) is 5.78 Å². The Bertz CT molecular complexity index is 800. The molecule has 0 bridgehead atoms. The van der Waals surface area contributed by atoms with Crippen molar-refractivity contribution in [3.63, 3.8) is 0 Å². The number of nitrogens with zero attached hydrogens (tertiary/aromatic N) is 1. The van der Waals surface area contributed by atoms with Crippen LogP contribution in [0.25, 0.3) is 6.08 Å². The highest BCUT2D eigenvalue weighted by Crippen LogP contribution is 2.22. The molecule has 1 saturated heterocycles. The molecule has 0 N–H and O–H groups in total. The maximum atomic E-state index is 12.3. The molecule has 1 aliphatic rings. The highest BCUT2D eigenvalue weighted by molar-refractivity contribution is 6.37. The van der Waals surface area contributed by atoms with Gasteiger partial charge >= 0.3 is 0 Å². The predicted molar refractivity (Wildman–Crippen MR) is 109 cm³/mol. The summed E-state index contributed by atoms with van der Waals surface area (Å²) in [5.74, 6) is 0.648. The minimum absolute atomic E-state index is 0.164. The van der Waals surface area contributed by atoms with Crippen molar-refractivity contribution in [2.75, 3.05) is 39.5 Å². The van der Waals surface area contributed by atoms with Crippen molar-refractivity contribution in [2.45, 2.75) is 0 Å². The minimum atomic E-state index is -0.164. The summed E-state index contributed by atoms with van der Waals surface area (Å²) >= 11 is 11.9. The number of carbonyl (C=O) groups is 1. The third-order valence-electron chi connectivity index (χ3n) is 4.28. The molecule has 0 aliphatic carbocycles. The highest BCUT2D eigenvalue weighted by Gasteiger charge is 2.10. The summed E-state index contributed by atoms with van der Waals surface area (Å²) in [5, 5.41) is 0.853. The minimum Gasteiger partial charge on any atom is -0.492 e.